The number of ether oxygens (including phenoxy) is 1. The van der Waals surface area contributed by atoms with Crippen LogP contribution in [0.2, 0.25) is 10.0 Å². The van der Waals surface area contributed by atoms with Gasteiger partial charge in [0.1, 0.15) is 11.4 Å². The van der Waals surface area contributed by atoms with E-state index in [1.807, 2.05) is 0 Å². The molecule has 0 aliphatic rings. The molecule has 1 heterocycles. The molecule has 0 spiro atoms. The molecule has 1 amide bonds. The van der Waals surface area contributed by atoms with Crippen molar-refractivity contribution in [3.63, 3.8) is 0 Å². The number of esters is 1. The number of carbonyl (C=O) groups excluding carboxylic acids is 2. The number of amides is 1. The van der Waals surface area contributed by atoms with E-state index in [4.69, 9.17) is 27.9 Å². The monoisotopic (exact) mass is 496 g/mol. The topological polar surface area (TPSA) is 119 Å². The van der Waals surface area contributed by atoms with E-state index in [9.17, 15) is 18.0 Å². The molecule has 0 radical (unpaired) electrons. The molecule has 0 aliphatic carbocycles. The number of aryl methyl sites for hydroxylation is 1. The first-order chi connectivity index (χ1) is 15.1. The molecule has 1 unspecified atom stereocenters. The quantitative estimate of drug-likeness (QED) is 0.462. The van der Waals surface area contributed by atoms with Gasteiger partial charge >= 0.3 is 5.97 Å². The van der Waals surface area contributed by atoms with Gasteiger partial charge in [-0.3, -0.25) is 14.3 Å². The Hall–Kier alpha value is -2.92. The summed E-state index contributed by atoms with van der Waals surface area (Å²) in [6, 6.07) is 12.7. The van der Waals surface area contributed by atoms with Gasteiger partial charge in [0, 0.05) is 34.5 Å². The highest BCUT2D eigenvalue weighted by molar-refractivity contribution is 7.89. The van der Waals surface area contributed by atoms with Gasteiger partial charge in [0.15, 0.2) is 0 Å². The third-order valence-electron chi connectivity index (χ3n) is 4.12. The summed E-state index contributed by atoms with van der Waals surface area (Å²) in [6.07, 6.45) is 1.08. The first-order valence-corrected chi connectivity index (χ1v) is 11.4. The fourth-order valence-electron chi connectivity index (χ4n) is 2.68. The van der Waals surface area contributed by atoms with Crippen LogP contribution in [0.5, 0.6) is 0 Å². The lowest BCUT2D eigenvalue weighted by molar-refractivity contribution is -0.153. The van der Waals surface area contributed by atoms with Crippen molar-refractivity contribution in [2.75, 3.05) is 11.9 Å². The maximum absolute atomic E-state index is 12.9. The molecular formula is C20H18Cl2N4O5S. The Morgan fingerprint density at radius 1 is 1.12 bits per heavy atom. The summed E-state index contributed by atoms with van der Waals surface area (Å²) in [4.78, 5) is 25.1. The Morgan fingerprint density at radius 2 is 1.78 bits per heavy atom. The molecule has 12 heteroatoms. The highest BCUT2D eigenvalue weighted by atomic mass is 35.5. The first-order valence-electron chi connectivity index (χ1n) is 9.14. The summed E-state index contributed by atoms with van der Waals surface area (Å²) in [5.41, 5.74) is 0.698. The minimum absolute atomic E-state index is 0.108. The van der Waals surface area contributed by atoms with E-state index in [1.165, 1.54) is 29.1 Å². The van der Waals surface area contributed by atoms with Crippen LogP contribution in [-0.4, -0.2) is 36.6 Å². The van der Waals surface area contributed by atoms with E-state index in [2.05, 4.69) is 15.1 Å². The van der Waals surface area contributed by atoms with Gasteiger partial charge in [0.05, 0.1) is 6.20 Å². The SMILES string of the molecule is Cn1cc(S(=O)(=O)NCC(=O)OC(C(=O)Nc2cc(Cl)cc(Cl)c2)c2ccccc2)cn1. The second-order valence-electron chi connectivity index (χ2n) is 6.60. The van der Waals surface area contributed by atoms with Gasteiger partial charge in [-0.2, -0.15) is 9.82 Å². The molecule has 0 saturated carbocycles. The van der Waals surface area contributed by atoms with Gasteiger partial charge in [-0.25, -0.2) is 8.42 Å². The Bertz CT molecular complexity index is 1210. The zero-order valence-corrected chi connectivity index (χ0v) is 19.0. The smallest absolute Gasteiger partial charge is 0.322 e. The lowest BCUT2D eigenvalue weighted by Crippen LogP contribution is -2.33. The first kappa shape index (κ1) is 23.7. The number of anilines is 1. The summed E-state index contributed by atoms with van der Waals surface area (Å²) < 4.78 is 33.3. The number of nitrogens with zero attached hydrogens (tertiary/aromatic N) is 2. The normalized spacial score (nSPS) is 12.2. The van der Waals surface area contributed by atoms with Crippen molar-refractivity contribution in [3.8, 4) is 0 Å². The minimum Gasteiger partial charge on any atom is -0.446 e. The zero-order valence-electron chi connectivity index (χ0n) is 16.7. The van der Waals surface area contributed by atoms with Crippen LogP contribution in [0, 0.1) is 0 Å². The van der Waals surface area contributed by atoms with Crippen LogP contribution >= 0.6 is 23.2 Å². The Balaban J connectivity index is 1.73. The van der Waals surface area contributed by atoms with E-state index in [0.717, 1.165) is 6.20 Å². The highest BCUT2D eigenvalue weighted by Crippen LogP contribution is 2.25. The van der Waals surface area contributed by atoms with Gasteiger partial charge in [-0.1, -0.05) is 53.5 Å². The van der Waals surface area contributed by atoms with E-state index in [0.29, 0.717) is 21.3 Å². The molecule has 2 N–H and O–H groups in total. The van der Waals surface area contributed by atoms with Crippen LogP contribution in [0.4, 0.5) is 5.69 Å². The van der Waals surface area contributed by atoms with Crippen molar-refractivity contribution in [3.05, 3.63) is 76.5 Å². The number of aromatic nitrogens is 2. The van der Waals surface area contributed by atoms with Gasteiger partial charge in [-0.15, -0.1) is 0 Å². The standard InChI is InChI=1S/C20H18Cl2N4O5S/c1-26-12-17(10-23-26)32(29,30)24-11-18(27)31-19(13-5-3-2-4-6-13)20(28)25-16-8-14(21)7-15(22)9-16/h2-10,12,19,24H,11H2,1H3,(H,25,28). The minimum atomic E-state index is -3.98. The molecule has 0 aliphatic heterocycles. The molecule has 168 valence electrons. The van der Waals surface area contributed by atoms with Crippen molar-refractivity contribution in [1.82, 2.24) is 14.5 Å². The van der Waals surface area contributed by atoms with Crippen LogP contribution in [0.3, 0.4) is 0 Å². The second kappa shape index (κ2) is 10.1. The van der Waals surface area contributed by atoms with Crippen LogP contribution < -0.4 is 10.0 Å². The van der Waals surface area contributed by atoms with Crippen molar-refractivity contribution in [2.24, 2.45) is 7.05 Å². The largest absolute Gasteiger partial charge is 0.446 e. The highest BCUT2D eigenvalue weighted by Gasteiger charge is 2.26. The molecule has 0 fully saturated rings. The zero-order chi connectivity index (χ0) is 23.3. The van der Waals surface area contributed by atoms with Gasteiger partial charge in [-0.05, 0) is 18.2 Å². The van der Waals surface area contributed by atoms with Crippen LogP contribution in [0.15, 0.2) is 65.8 Å². The maximum atomic E-state index is 12.9. The van der Waals surface area contributed by atoms with Gasteiger partial charge < -0.3 is 10.1 Å². The summed E-state index contributed by atoms with van der Waals surface area (Å²) in [6.45, 7) is -0.684. The summed E-state index contributed by atoms with van der Waals surface area (Å²) in [5.74, 6) is -1.62. The Labute approximate surface area is 194 Å². The molecule has 3 aromatic rings. The number of carbonyl (C=O) groups is 2. The van der Waals surface area contributed by atoms with Crippen LogP contribution in [0.1, 0.15) is 11.7 Å². The molecule has 1 aromatic heterocycles. The predicted octanol–water partition coefficient (Wildman–Crippen LogP) is 2.93. The number of nitrogens with one attached hydrogen (secondary N) is 2. The molecule has 3 rings (SSSR count). The fourth-order valence-corrected chi connectivity index (χ4v) is 4.16. The van der Waals surface area contributed by atoms with Crippen LogP contribution in [-0.2, 0) is 31.4 Å². The lowest BCUT2D eigenvalue weighted by atomic mass is 10.1. The third kappa shape index (κ3) is 6.30. The third-order valence-corrected chi connectivity index (χ3v) is 5.91. The van der Waals surface area contributed by atoms with E-state index >= 15 is 0 Å². The van der Waals surface area contributed by atoms with Gasteiger partial charge in [0.25, 0.3) is 5.91 Å². The number of hydrogen-bond donors (Lipinski definition) is 2. The number of sulfonamides is 1. The van der Waals surface area contributed by atoms with Crippen molar-refractivity contribution in [2.45, 2.75) is 11.0 Å². The predicted molar refractivity (Wildman–Crippen MR) is 119 cm³/mol. The summed E-state index contributed by atoms with van der Waals surface area (Å²) >= 11 is 11.9. The number of halogens is 2. The molecule has 1 atom stereocenters. The number of hydrogen-bond acceptors (Lipinski definition) is 6. The van der Waals surface area contributed by atoms with Gasteiger partial charge in [0.2, 0.25) is 16.1 Å². The average molecular weight is 497 g/mol. The van der Waals surface area contributed by atoms with E-state index in [1.54, 1.807) is 37.4 Å². The van der Waals surface area contributed by atoms with Crippen molar-refractivity contribution in [1.29, 1.82) is 0 Å². The molecule has 9 nitrogen and oxygen atoms in total. The average Bonchev–Trinajstić information content (AvgIpc) is 3.18. The fraction of sp³-hybridized carbons (Fsp3) is 0.150. The Kier molecular flexibility index (Phi) is 7.52. The summed E-state index contributed by atoms with van der Waals surface area (Å²) in [7, 11) is -2.42. The summed E-state index contributed by atoms with van der Waals surface area (Å²) in [5, 5.41) is 7.00. The molecule has 2 aromatic carbocycles. The van der Waals surface area contributed by atoms with Crippen LogP contribution in [0.25, 0.3) is 0 Å². The lowest BCUT2D eigenvalue weighted by Gasteiger charge is -2.18. The maximum Gasteiger partial charge on any atom is 0.322 e. The second-order valence-corrected chi connectivity index (χ2v) is 9.24. The van der Waals surface area contributed by atoms with E-state index < -0.39 is 34.5 Å². The number of rotatable bonds is 8. The van der Waals surface area contributed by atoms with E-state index in [-0.39, 0.29) is 4.90 Å². The molecule has 0 bridgehead atoms. The van der Waals surface area contributed by atoms with Crippen molar-refractivity contribution < 1.29 is 22.7 Å². The Morgan fingerprint density at radius 3 is 2.38 bits per heavy atom. The van der Waals surface area contributed by atoms with Crippen molar-refractivity contribution >= 4 is 50.8 Å². The number of benzene rings is 2. The molecule has 0 saturated heterocycles. The molecule has 32 heavy (non-hydrogen) atoms. The molecular weight excluding hydrogens is 479 g/mol.